The number of nitrogen functional groups attached to an aromatic ring is 1. The van der Waals surface area contributed by atoms with E-state index in [4.69, 9.17) is 15.2 Å². The van der Waals surface area contributed by atoms with E-state index in [9.17, 15) is 4.79 Å². The molecule has 168 valence electrons. The summed E-state index contributed by atoms with van der Waals surface area (Å²) in [5.41, 5.74) is 11.3. The Bertz CT molecular complexity index is 1130. The van der Waals surface area contributed by atoms with Crippen LogP contribution in [0.3, 0.4) is 0 Å². The number of carbonyl (C=O) groups is 1. The molecule has 7 nitrogen and oxygen atoms in total. The fourth-order valence-electron chi connectivity index (χ4n) is 3.90. The first kappa shape index (κ1) is 21.7. The molecule has 32 heavy (non-hydrogen) atoms. The molecule has 1 fully saturated rings. The normalized spacial score (nSPS) is 13.1. The SMILES string of the molecule is COc1ccc(CN(Cc2cccc(N)c2C)C(=O)c2cc(C3CC3)nn2C)c(OC)c1. The Balaban J connectivity index is 1.69. The molecule has 1 aliphatic rings. The lowest BCUT2D eigenvalue weighted by Crippen LogP contribution is -2.32. The molecular weight excluding hydrogens is 404 g/mol. The van der Waals surface area contributed by atoms with Gasteiger partial charge in [-0.25, -0.2) is 0 Å². The minimum atomic E-state index is -0.0772. The fourth-order valence-corrected chi connectivity index (χ4v) is 3.90. The number of hydrogen-bond donors (Lipinski definition) is 1. The lowest BCUT2D eigenvalue weighted by Gasteiger charge is -2.25. The van der Waals surface area contributed by atoms with Crippen LogP contribution >= 0.6 is 0 Å². The van der Waals surface area contributed by atoms with Gasteiger partial charge in [-0.3, -0.25) is 9.48 Å². The lowest BCUT2D eigenvalue weighted by atomic mass is 10.1. The van der Waals surface area contributed by atoms with E-state index in [-0.39, 0.29) is 5.91 Å². The summed E-state index contributed by atoms with van der Waals surface area (Å²) in [6, 6.07) is 13.4. The second kappa shape index (κ2) is 8.94. The van der Waals surface area contributed by atoms with Gasteiger partial charge in [0.05, 0.1) is 26.5 Å². The smallest absolute Gasteiger partial charge is 0.272 e. The highest BCUT2D eigenvalue weighted by Gasteiger charge is 2.29. The number of carbonyl (C=O) groups excluding carboxylic acids is 1. The van der Waals surface area contributed by atoms with Crippen LogP contribution in [0.15, 0.2) is 42.5 Å². The Morgan fingerprint density at radius 2 is 1.88 bits per heavy atom. The van der Waals surface area contributed by atoms with Gasteiger partial charge in [-0.1, -0.05) is 12.1 Å². The molecule has 0 bridgehead atoms. The van der Waals surface area contributed by atoms with Crippen molar-refractivity contribution in [1.29, 1.82) is 0 Å². The maximum absolute atomic E-state index is 13.7. The van der Waals surface area contributed by atoms with Crippen LogP contribution < -0.4 is 15.2 Å². The van der Waals surface area contributed by atoms with Crippen molar-refractivity contribution in [3.8, 4) is 11.5 Å². The Morgan fingerprint density at radius 3 is 2.56 bits per heavy atom. The van der Waals surface area contributed by atoms with E-state index < -0.39 is 0 Å². The van der Waals surface area contributed by atoms with Gasteiger partial charge in [0.15, 0.2) is 0 Å². The molecule has 1 amide bonds. The molecule has 2 aromatic carbocycles. The van der Waals surface area contributed by atoms with Gasteiger partial charge >= 0.3 is 0 Å². The van der Waals surface area contributed by atoms with E-state index in [2.05, 4.69) is 5.10 Å². The second-order valence-corrected chi connectivity index (χ2v) is 8.32. The zero-order valence-electron chi connectivity index (χ0n) is 19.1. The Hall–Kier alpha value is -3.48. The summed E-state index contributed by atoms with van der Waals surface area (Å²) in [6.07, 6.45) is 2.28. The Labute approximate surface area is 188 Å². The average Bonchev–Trinajstić information content (AvgIpc) is 3.57. The van der Waals surface area contributed by atoms with E-state index in [1.807, 2.05) is 61.3 Å². The van der Waals surface area contributed by atoms with Crippen LogP contribution in [-0.4, -0.2) is 34.8 Å². The van der Waals surface area contributed by atoms with Crippen molar-refractivity contribution >= 4 is 11.6 Å². The van der Waals surface area contributed by atoms with Crippen LogP contribution in [0, 0.1) is 6.92 Å². The number of rotatable bonds is 8. The highest BCUT2D eigenvalue weighted by Crippen LogP contribution is 2.39. The van der Waals surface area contributed by atoms with Crippen LogP contribution in [0.2, 0.25) is 0 Å². The number of anilines is 1. The van der Waals surface area contributed by atoms with Crippen LogP contribution in [0.1, 0.15) is 51.6 Å². The molecule has 7 heteroatoms. The van der Waals surface area contributed by atoms with Gasteiger partial charge in [0.25, 0.3) is 5.91 Å². The minimum absolute atomic E-state index is 0.0772. The molecular formula is C25H30N4O3. The third-order valence-electron chi connectivity index (χ3n) is 6.11. The summed E-state index contributed by atoms with van der Waals surface area (Å²) in [5, 5.41) is 4.59. The quantitative estimate of drug-likeness (QED) is 0.541. The first-order valence-corrected chi connectivity index (χ1v) is 10.8. The van der Waals surface area contributed by atoms with E-state index in [1.165, 1.54) is 0 Å². The molecule has 0 saturated heterocycles. The van der Waals surface area contributed by atoms with Crippen molar-refractivity contribution < 1.29 is 14.3 Å². The molecule has 2 N–H and O–H groups in total. The summed E-state index contributed by atoms with van der Waals surface area (Å²) in [5.74, 6) is 1.78. The van der Waals surface area contributed by atoms with E-state index >= 15 is 0 Å². The largest absolute Gasteiger partial charge is 0.497 e. The van der Waals surface area contributed by atoms with Gasteiger partial charge in [-0.05, 0) is 55.2 Å². The third-order valence-corrected chi connectivity index (χ3v) is 6.11. The monoisotopic (exact) mass is 434 g/mol. The molecule has 4 rings (SSSR count). The Morgan fingerprint density at radius 1 is 1.12 bits per heavy atom. The molecule has 0 spiro atoms. The van der Waals surface area contributed by atoms with Gasteiger partial charge in [-0.2, -0.15) is 5.10 Å². The summed E-state index contributed by atoms with van der Waals surface area (Å²) in [6.45, 7) is 2.79. The van der Waals surface area contributed by atoms with Crippen molar-refractivity contribution in [2.24, 2.45) is 7.05 Å². The zero-order valence-corrected chi connectivity index (χ0v) is 19.1. The summed E-state index contributed by atoms with van der Waals surface area (Å²) in [4.78, 5) is 15.5. The van der Waals surface area contributed by atoms with Crippen LogP contribution in [0.25, 0.3) is 0 Å². The zero-order chi connectivity index (χ0) is 22.8. The molecule has 0 atom stereocenters. The average molecular weight is 435 g/mol. The molecule has 1 aromatic heterocycles. The number of aryl methyl sites for hydroxylation is 1. The summed E-state index contributed by atoms with van der Waals surface area (Å²) >= 11 is 0. The van der Waals surface area contributed by atoms with Gasteiger partial charge in [0, 0.05) is 36.8 Å². The van der Waals surface area contributed by atoms with Crippen molar-refractivity contribution in [3.05, 3.63) is 70.5 Å². The van der Waals surface area contributed by atoms with Crippen molar-refractivity contribution in [1.82, 2.24) is 14.7 Å². The van der Waals surface area contributed by atoms with Crippen molar-refractivity contribution in [3.63, 3.8) is 0 Å². The Kier molecular flexibility index (Phi) is 6.08. The molecule has 1 saturated carbocycles. The van der Waals surface area contributed by atoms with Gasteiger partial charge < -0.3 is 20.1 Å². The van der Waals surface area contributed by atoms with Crippen LogP contribution in [0.5, 0.6) is 11.5 Å². The molecule has 3 aromatic rings. The fraction of sp³-hybridized carbons (Fsp3) is 0.360. The highest BCUT2D eigenvalue weighted by atomic mass is 16.5. The number of benzene rings is 2. The third kappa shape index (κ3) is 4.42. The molecule has 0 radical (unpaired) electrons. The summed E-state index contributed by atoms with van der Waals surface area (Å²) < 4.78 is 12.6. The van der Waals surface area contributed by atoms with Crippen molar-refractivity contribution in [2.45, 2.75) is 38.8 Å². The standard InChI is InChI=1S/C25H30N4O3/c1-16-18(6-5-7-21(16)26)14-29(15-19-10-11-20(31-3)12-24(19)32-4)25(30)23-13-22(17-8-9-17)27-28(23)2/h5-7,10-13,17H,8-9,14-15,26H2,1-4H3. The molecule has 0 aliphatic heterocycles. The number of ether oxygens (including phenoxy) is 2. The molecule has 1 heterocycles. The maximum Gasteiger partial charge on any atom is 0.272 e. The number of methoxy groups -OCH3 is 2. The number of nitrogens with zero attached hydrogens (tertiary/aromatic N) is 3. The topological polar surface area (TPSA) is 82.6 Å². The number of aromatic nitrogens is 2. The highest BCUT2D eigenvalue weighted by molar-refractivity contribution is 5.92. The number of nitrogens with two attached hydrogens (primary N) is 1. The molecule has 0 unspecified atom stereocenters. The first-order chi connectivity index (χ1) is 15.4. The predicted molar refractivity (Wildman–Crippen MR) is 124 cm³/mol. The number of hydrogen-bond acceptors (Lipinski definition) is 5. The molecule has 1 aliphatic carbocycles. The second-order valence-electron chi connectivity index (χ2n) is 8.32. The van der Waals surface area contributed by atoms with Crippen molar-refractivity contribution in [2.75, 3.05) is 20.0 Å². The van der Waals surface area contributed by atoms with Gasteiger partial charge in [0.2, 0.25) is 0 Å². The van der Waals surface area contributed by atoms with E-state index in [0.717, 1.165) is 35.2 Å². The van der Waals surface area contributed by atoms with Crippen LogP contribution in [-0.2, 0) is 20.1 Å². The first-order valence-electron chi connectivity index (χ1n) is 10.8. The van der Waals surface area contributed by atoms with Gasteiger partial charge in [0.1, 0.15) is 17.2 Å². The van der Waals surface area contributed by atoms with Gasteiger partial charge in [-0.15, -0.1) is 0 Å². The predicted octanol–water partition coefficient (Wildman–Crippen LogP) is 4.05. The number of amides is 1. The minimum Gasteiger partial charge on any atom is -0.497 e. The van der Waals surface area contributed by atoms with E-state index in [0.29, 0.717) is 41.9 Å². The summed E-state index contributed by atoms with van der Waals surface area (Å²) in [7, 11) is 5.07. The maximum atomic E-state index is 13.7. The lowest BCUT2D eigenvalue weighted by molar-refractivity contribution is 0.0717. The van der Waals surface area contributed by atoms with E-state index in [1.54, 1.807) is 18.9 Å². The van der Waals surface area contributed by atoms with Crippen LogP contribution in [0.4, 0.5) is 5.69 Å².